The van der Waals surface area contributed by atoms with Gasteiger partial charge in [0.15, 0.2) is 0 Å². The van der Waals surface area contributed by atoms with Crippen molar-refractivity contribution in [3.63, 3.8) is 0 Å². The van der Waals surface area contributed by atoms with Crippen molar-refractivity contribution in [1.29, 1.82) is 0 Å². The fourth-order valence-electron chi connectivity index (χ4n) is 1.15. The molecule has 0 bridgehead atoms. The Kier molecular flexibility index (Phi) is 7.10. The van der Waals surface area contributed by atoms with Gasteiger partial charge in [-0.3, -0.25) is 19.2 Å². The van der Waals surface area contributed by atoms with Gasteiger partial charge in [0.25, 0.3) is 0 Å². The zero-order valence-corrected chi connectivity index (χ0v) is 10.1. The Bertz CT molecular complexity index is 327. The number of nitrogens with one attached hydrogen (secondary N) is 3. The van der Waals surface area contributed by atoms with E-state index in [1.807, 2.05) is 0 Å². The van der Waals surface area contributed by atoms with Crippen molar-refractivity contribution >= 4 is 23.6 Å². The maximum atomic E-state index is 11.6. The van der Waals surface area contributed by atoms with Crippen LogP contribution in [0.2, 0.25) is 0 Å². The fraction of sp³-hybridized carbons (Fsp3) is 0.500. The SMILES string of the molecule is [CH2]CNC(=O)CNC(=O)C(CC(N)=O)NC(C)=O. The minimum Gasteiger partial charge on any atom is -0.370 e. The number of carbonyl (C=O) groups is 4. The van der Waals surface area contributed by atoms with Crippen LogP contribution in [-0.2, 0) is 19.2 Å². The average Bonchev–Trinajstić information content (AvgIpc) is 2.24. The third kappa shape index (κ3) is 7.20. The zero-order chi connectivity index (χ0) is 14.1. The number of amides is 4. The topological polar surface area (TPSA) is 130 Å². The Balaban J connectivity index is 4.32. The second kappa shape index (κ2) is 8.04. The van der Waals surface area contributed by atoms with Gasteiger partial charge in [0.05, 0.1) is 13.0 Å². The smallest absolute Gasteiger partial charge is 0.243 e. The van der Waals surface area contributed by atoms with Gasteiger partial charge in [-0.1, -0.05) is 0 Å². The first-order chi connectivity index (χ1) is 8.36. The van der Waals surface area contributed by atoms with Gasteiger partial charge in [-0.15, -0.1) is 0 Å². The van der Waals surface area contributed by atoms with Gasteiger partial charge in [-0.2, -0.15) is 0 Å². The molecule has 5 N–H and O–H groups in total. The van der Waals surface area contributed by atoms with E-state index in [0.29, 0.717) is 0 Å². The Morgan fingerprint density at radius 2 is 1.83 bits per heavy atom. The monoisotopic (exact) mass is 257 g/mol. The summed E-state index contributed by atoms with van der Waals surface area (Å²) in [7, 11) is 0. The van der Waals surface area contributed by atoms with E-state index in [1.54, 1.807) is 0 Å². The molecule has 0 spiro atoms. The summed E-state index contributed by atoms with van der Waals surface area (Å²) in [5, 5.41) is 6.93. The molecule has 0 rings (SSSR count). The van der Waals surface area contributed by atoms with Crippen LogP contribution in [0.3, 0.4) is 0 Å². The van der Waals surface area contributed by atoms with Crippen molar-refractivity contribution in [1.82, 2.24) is 16.0 Å². The van der Waals surface area contributed by atoms with E-state index < -0.39 is 29.7 Å². The van der Waals surface area contributed by atoms with E-state index >= 15 is 0 Å². The zero-order valence-electron chi connectivity index (χ0n) is 10.1. The maximum Gasteiger partial charge on any atom is 0.243 e. The first-order valence-corrected chi connectivity index (χ1v) is 5.25. The summed E-state index contributed by atoms with van der Waals surface area (Å²) >= 11 is 0. The molecule has 0 aromatic heterocycles. The molecule has 8 heteroatoms. The number of hydrogen-bond donors (Lipinski definition) is 4. The highest BCUT2D eigenvalue weighted by atomic mass is 16.2. The minimum absolute atomic E-state index is 0.200. The normalized spacial score (nSPS) is 11.2. The Hall–Kier alpha value is -2.12. The summed E-state index contributed by atoms with van der Waals surface area (Å²) in [6.45, 7) is 4.55. The second-order valence-corrected chi connectivity index (χ2v) is 3.49. The summed E-state index contributed by atoms with van der Waals surface area (Å²) in [5.74, 6) is -2.27. The molecular formula is C10H17N4O4. The van der Waals surface area contributed by atoms with E-state index in [4.69, 9.17) is 5.73 Å². The molecule has 18 heavy (non-hydrogen) atoms. The molecule has 1 atom stereocenters. The predicted molar refractivity (Wildman–Crippen MR) is 62.8 cm³/mol. The lowest BCUT2D eigenvalue weighted by atomic mass is 10.2. The van der Waals surface area contributed by atoms with Gasteiger partial charge in [-0.25, -0.2) is 0 Å². The van der Waals surface area contributed by atoms with Crippen LogP contribution in [0.15, 0.2) is 0 Å². The first-order valence-electron chi connectivity index (χ1n) is 5.25. The average molecular weight is 257 g/mol. The van der Waals surface area contributed by atoms with Crippen LogP contribution < -0.4 is 21.7 Å². The van der Waals surface area contributed by atoms with Crippen LogP contribution in [0.25, 0.3) is 0 Å². The van der Waals surface area contributed by atoms with Gasteiger partial charge in [0, 0.05) is 13.5 Å². The quantitative estimate of drug-likeness (QED) is 0.399. The molecule has 0 fully saturated rings. The van der Waals surface area contributed by atoms with Crippen molar-refractivity contribution in [2.75, 3.05) is 13.1 Å². The molecule has 1 unspecified atom stereocenters. The molecule has 0 aliphatic heterocycles. The van der Waals surface area contributed by atoms with Crippen molar-refractivity contribution in [2.45, 2.75) is 19.4 Å². The number of hydrogen-bond acceptors (Lipinski definition) is 4. The van der Waals surface area contributed by atoms with Gasteiger partial charge in [0.1, 0.15) is 6.04 Å². The molecule has 1 radical (unpaired) electrons. The van der Waals surface area contributed by atoms with Crippen LogP contribution in [0.4, 0.5) is 0 Å². The minimum atomic E-state index is -1.08. The van der Waals surface area contributed by atoms with Crippen LogP contribution >= 0.6 is 0 Å². The van der Waals surface area contributed by atoms with Gasteiger partial charge >= 0.3 is 0 Å². The van der Waals surface area contributed by atoms with Crippen molar-refractivity contribution in [3.05, 3.63) is 6.92 Å². The van der Waals surface area contributed by atoms with E-state index in [-0.39, 0.29) is 19.5 Å². The van der Waals surface area contributed by atoms with E-state index in [2.05, 4.69) is 22.9 Å². The highest BCUT2D eigenvalue weighted by Crippen LogP contribution is 1.91. The molecule has 0 saturated heterocycles. The first kappa shape index (κ1) is 15.9. The van der Waals surface area contributed by atoms with Crippen molar-refractivity contribution in [2.24, 2.45) is 5.73 Å². The Morgan fingerprint density at radius 3 is 2.28 bits per heavy atom. The van der Waals surface area contributed by atoms with Crippen molar-refractivity contribution < 1.29 is 19.2 Å². The maximum absolute atomic E-state index is 11.6. The summed E-state index contributed by atoms with van der Waals surface area (Å²) in [6.07, 6.45) is -0.331. The Morgan fingerprint density at radius 1 is 1.22 bits per heavy atom. The third-order valence-electron chi connectivity index (χ3n) is 1.84. The van der Waals surface area contributed by atoms with Crippen LogP contribution in [0.1, 0.15) is 13.3 Å². The van der Waals surface area contributed by atoms with Crippen LogP contribution in [-0.4, -0.2) is 42.8 Å². The van der Waals surface area contributed by atoms with Gasteiger partial charge in [0.2, 0.25) is 23.6 Å². The molecule has 8 nitrogen and oxygen atoms in total. The van der Waals surface area contributed by atoms with E-state index in [9.17, 15) is 19.2 Å². The molecule has 0 aromatic rings. The fourth-order valence-corrected chi connectivity index (χ4v) is 1.15. The molecule has 0 aliphatic carbocycles. The third-order valence-corrected chi connectivity index (χ3v) is 1.84. The highest BCUT2D eigenvalue weighted by Gasteiger charge is 2.21. The summed E-state index contributed by atoms with van der Waals surface area (Å²) < 4.78 is 0. The predicted octanol–water partition coefficient (Wildman–Crippen LogP) is -2.57. The lowest BCUT2D eigenvalue weighted by Gasteiger charge is -2.15. The summed E-state index contributed by atoms with van der Waals surface area (Å²) in [5.41, 5.74) is 4.95. The van der Waals surface area contributed by atoms with Crippen LogP contribution in [0, 0.1) is 6.92 Å². The molecule has 0 aliphatic rings. The lowest BCUT2D eigenvalue weighted by molar-refractivity contribution is -0.131. The molecular weight excluding hydrogens is 240 g/mol. The molecule has 101 valence electrons. The number of nitrogens with two attached hydrogens (primary N) is 1. The molecule has 4 amide bonds. The number of carbonyl (C=O) groups excluding carboxylic acids is 4. The lowest BCUT2D eigenvalue weighted by Crippen LogP contribution is -2.50. The van der Waals surface area contributed by atoms with E-state index in [0.717, 1.165) is 0 Å². The highest BCUT2D eigenvalue weighted by molar-refractivity contribution is 5.93. The summed E-state index contributed by atoms with van der Waals surface area (Å²) in [6, 6.07) is -1.08. The second-order valence-electron chi connectivity index (χ2n) is 3.49. The number of rotatable bonds is 7. The van der Waals surface area contributed by atoms with Gasteiger partial charge in [-0.05, 0) is 6.92 Å². The standard InChI is InChI=1S/C10H17N4O4/c1-3-12-9(17)5-13-10(18)7(4-8(11)16)14-6(2)15/h7H,1,3-5H2,2H3,(H2,11,16)(H,12,17)(H,13,18)(H,14,15). The largest absolute Gasteiger partial charge is 0.370 e. The van der Waals surface area contributed by atoms with Crippen LogP contribution in [0.5, 0.6) is 0 Å². The molecule has 0 heterocycles. The Labute approximate surface area is 105 Å². The summed E-state index contributed by atoms with van der Waals surface area (Å²) in [4.78, 5) is 44.3. The number of primary amides is 1. The van der Waals surface area contributed by atoms with E-state index in [1.165, 1.54) is 6.92 Å². The van der Waals surface area contributed by atoms with Crippen molar-refractivity contribution in [3.8, 4) is 0 Å². The molecule has 0 aromatic carbocycles. The molecule has 0 saturated carbocycles. The van der Waals surface area contributed by atoms with Gasteiger partial charge < -0.3 is 21.7 Å².